The van der Waals surface area contributed by atoms with E-state index in [0.717, 1.165) is 24.0 Å². The van der Waals surface area contributed by atoms with Crippen molar-refractivity contribution in [3.63, 3.8) is 0 Å². The van der Waals surface area contributed by atoms with Gasteiger partial charge < -0.3 is 15.0 Å². The van der Waals surface area contributed by atoms with Gasteiger partial charge in [0.2, 0.25) is 5.91 Å². The van der Waals surface area contributed by atoms with Crippen molar-refractivity contribution in [3.8, 4) is 0 Å². The van der Waals surface area contributed by atoms with Crippen LogP contribution in [0.25, 0.3) is 0 Å². The summed E-state index contributed by atoms with van der Waals surface area (Å²) in [4.78, 5) is 13.9. The quantitative estimate of drug-likeness (QED) is 0.901. The summed E-state index contributed by atoms with van der Waals surface area (Å²) in [6.07, 6.45) is 0.971. The first-order chi connectivity index (χ1) is 9.20. The molecule has 1 heterocycles. The smallest absolute Gasteiger partial charge is 0.246 e. The van der Waals surface area contributed by atoms with Crippen molar-refractivity contribution < 1.29 is 9.53 Å². The van der Waals surface area contributed by atoms with E-state index in [1.54, 1.807) is 0 Å². The summed E-state index contributed by atoms with van der Waals surface area (Å²) in [5.74, 6) is -0.0270. The molecule has 1 aromatic carbocycles. The Morgan fingerprint density at radius 2 is 2.32 bits per heavy atom. The Bertz CT molecular complexity index is 439. The van der Waals surface area contributed by atoms with E-state index in [1.165, 1.54) is 5.69 Å². The molecule has 1 aliphatic heterocycles. The lowest BCUT2D eigenvalue weighted by atomic mass is 10.2. The topological polar surface area (TPSA) is 41.6 Å². The number of hydrogen-bond donors (Lipinski definition) is 1. The number of nitrogens with zero attached hydrogens (tertiary/aromatic N) is 1. The summed E-state index contributed by atoms with van der Waals surface area (Å²) >= 11 is 3.56. The van der Waals surface area contributed by atoms with Gasteiger partial charge in [-0.25, -0.2) is 0 Å². The average molecular weight is 327 g/mol. The number of amides is 1. The van der Waals surface area contributed by atoms with Crippen LogP contribution in [0.3, 0.4) is 0 Å². The molecule has 2 rings (SSSR count). The van der Waals surface area contributed by atoms with Gasteiger partial charge in [0.1, 0.15) is 6.61 Å². The van der Waals surface area contributed by atoms with Crippen LogP contribution < -0.4 is 10.2 Å². The molecule has 4 nitrogen and oxygen atoms in total. The van der Waals surface area contributed by atoms with Crippen LogP contribution in [0.5, 0.6) is 0 Å². The summed E-state index contributed by atoms with van der Waals surface area (Å²) in [7, 11) is 0. The second-order valence-electron chi connectivity index (χ2n) is 4.59. The normalized spacial score (nSPS) is 18.6. The standard InChI is InChI=1S/C14H19BrN2O2/c1-2-19-10-14(18)16-11-7-8-17(9-11)13-6-4-3-5-12(13)15/h3-6,11H,2,7-10H2,1H3,(H,16,18)/t11-/m1/s1. The molecule has 1 atom stereocenters. The Labute approximate surface area is 122 Å². The molecule has 0 spiro atoms. The zero-order valence-electron chi connectivity index (χ0n) is 11.1. The minimum atomic E-state index is -0.0270. The molecule has 19 heavy (non-hydrogen) atoms. The van der Waals surface area contributed by atoms with Crippen molar-refractivity contribution in [3.05, 3.63) is 28.7 Å². The van der Waals surface area contributed by atoms with Gasteiger partial charge in [-0.1, -0.05) is 12.1 Å². The Kier molecular flexibility index (Phi) is 5.22. The maximum Gasteiger partial charge on any atom is 0.246 e. The Balaban J connectivity index is 1.86. The van der Waals surface area contributed by atoms with Gasteiger partial charge in [-0.15, -0.1) is 0 Å². The highest BCUT2D eigenvalue weighted by molar-refractivity contribution is 9.10. The Hall–Kier alpha value is -1.07. The molecule has 1 fully saturated rings. The molecule has 1 aromatic rings. The molecule has 0 aliphatic carbocycles. The third kappa shape index (κ3) is 3.94. The van der Waals surface area contributed by atoms with Crippen LogP contribution in [0.15, 0.2) is 28.7 Å². The fraction of sp³-hybridized carbons (Fsp3) is 0.500. The zero-order valence-corrected chi connectivity index (χ0v) is 12.6. The highest BCUT2D eigenvalue weighted by atomic mass is 79.9. The summed E-state index contributed by atoms with van der Waals surface area (Å²) in [5, 5.41) is 3.01. The predicted molar refractivity (Wildman–Crippen MR) is 79.4 cm³/mol. The SMILES string of the molecule is CCOCC(=O)N[C@@H]1CCN(c2ccccc2Br)C1. The Morgan fingerprint density at radius 3 is 3.05 bits per heavy atom. The highest BCUT2D eigenvalue weighted by Crippen LogP contribution is 2.28. The number of halogens is 1. The zero-order chi connectivity index (χ0) is 13.7. The largest absolute Gasteiger partial charge is 0.372 e. The number of ether oxygens (including phenoxy) is 1. The van der Waals surface area contributed by atoms with Crippen molar-refractivity contribution in [2.24, 2.45) is 0 Å². The summed E-state index contributed by atoms with van der Waals surface area (Å²) in [6.45, 7) is 4.42. The van der Waals surface area contributed by atoms with E-state index in [0.29, 0.717) is 6.61 Å². The minimum Gasteiger partial charge on any atom is -0.372 e. The summed E-state index contributed by atoms with van der Waals surface area (Å²) in [5.41, 5.74) is 1.18. The van der Waals surface area contributed by atoms with E-state index < -0.39 is 0 Å². The van der Waals surface area contributed by atoms with E-state index in [9.17, 15) is 4.79 Å². The molecule has 0 unspecified atom stereocenters. The van der Waals surface area contributed by atoms with Gasteiger partial charge in [0, 0.05) is 30.2 Å². The van der Waals surface area contributed by atoms with Crippen molar-refractivity contribution in [1.82, 2.24) is 5.32 Å². The Morgan fingerprint density at radius 1 is 1.53 bits per heavy atom. The van der Waals surface area contributed by atoms with Gasteiger partial charge in [-0.05, 0) is 41.4 Å². The molecule has 1 N–H and O–H groups in total. The van der Waals surface area contributed by atoms with Crippen molar-refractivity contribution >= 4 is 27.5 Å². The number of anilines is 1. The van der Waals surface area contributed by atoms with Gasteiger partial charge in [0.25, 0.3) is 0 Å². The van der Waals surface area contributed by atoms with E-state index >= 15 is 0 Å². The summed E-state index contributed by atoms with van der Waals surface area (Å²) < 4.78 is 6.20. The van der Waals surface area contributed by atoms with Gasteiger partial charge in [-0.3, -0.25) is 4.79 Å². The number of nitrogens with one attached hydrogen (secondary N) is 1. The van der Waals surface area contributed by atoms with E-state index in [4.69, 9.17) is 4.74 Å². The van der Waals surface area contributed by atoms with Crippen molar-refractivity contribution in [2.75, 3.05) is 31.2 Å². The third-order valence-electron chi connectivity index (χ3n) is 3.18. The van der Waals surface area contributed by atoms with Crippen molar-refractivity contribution in [2.45, 2.75) is 19.4 Å². The highest BCUT2D eigenvalue weighted by Gasteiger charge is 2.24. The first-order valence-electron chi connectivity index (χ1n) is 6.57. The molecule has 0 radical (unpaired) electrons. The number of carbonyl (C=O) groups excluding carboxylic acids is 1. The van der Waals surface area contributed by atoms with Crippen LogP contribution >= 0.6 is 15.9 Å². The third-order valence-corrected chi connectivity index (χ3v) is 3.85. The van der Waals surface area contributed by atoms with Crippen LogP contribution in [0, 0.1) is 0 Å². The molecule has 5 heteroatoms. The number of benzene rings is 1. The molecule has 1 amide bonds. The lowest BCUT2D eigenvalue weighted by Gasteiger charge is -2.20. The predicted octanol–water partition coefficient (Wildman–Crippen LogP) is 2.18. The van der Waals surface area contributed by atoms with Crippen LogP contribution in [0.4, 0.5) is 5.69 Å². The molecule has 1 aliphatic rings. The molecule has 0 aromatic heterocycles. The van der Waals surface area contributed by atoms with Crippen LogP contribution in [0.1, 0.15) is 13.3 Å². The second kappa shape index (κ2) is 6.91. The average Bonchev–Trinajstić information content (AvgIpc) is 2.85. The molecular formula is C14H19BrN2O2. The van der Waals surface area contributed by atoms with E-state index in [-0.39, 0.29) is 18.6 Å². The fourth-order valence-corrected chi connectivity index (χ4v) is 2.80. The van der Waals surface area contributed by atoms with E-state index in [1.807, 2.05) is 25.1 Å². The van der Waals surface area contributed by atoms with Gasteiger partial charge in [0.05, 0.1) is 5.69 Å². The van der Waals surface area contributed by atoms with Gasteiger partial charge >= 0.3 is 0 Å². The monoisotopic (exact) mass is 326 g/mol. The first-order valence-corrected chi connectivity index (χ1v) is 7.36. The lowest BCUT2D eigenvalue weighted by Crippen LogP contribution is -2.39. The van der Waals surface area contributed by atoms with Crippen LogP contribution in [-0.4, -0.2) is 38.3 Å². The molecule has 1 saturated heterocycles. The number of para-hydroxylation sites is 1. The van der Waals surface area contributed by atoms with E-state index in [2.05, 4.69) is 32.2 Å². The fourth-order valence-electron chi connectivity index (χ4n) is 2.27. The molecule has 0 saturated carbocycles. The number of rotatable bonds is 5. The maximum atomic E-state index is 11.6. The first kappa shape index (κ1) is 14.3. The number of carbonyl (C=O) groups is 1. The molecule has 0 bridgehead atoms. The molecule has 104 valence electrons. The van der Waals surface area contributed by atoms with Crippen LogP contribution in [0.2, 0.25) is 0 Å². The van der Waals surface area contributed by atoms with Crippen LogP contribution in [-0.2, 0) is 9.53 Å². The lowest BCUT2D eigenvalue weighted by molar-refractivity contribution is -0.126. The van der Waals surface area contributed by atoms with Crippen molar-refractivity contribution in [1.29, 1.82) is 0 Å². The molecular weight excluding hydrogens is 308 g/mol. The van der Waals surface area contributed by atoms with Gasteiger partial charge in [0.15, 0.2) is 0 Å². The minimum absolute atomic E-state index is 0.0270. The second-order valence-corrected chi connectivity index (χ2v) is 5.44. The maximum absolute atomic E-state index is 11.6. The van der Waals surface area contributed by atoms with Gasteiger partial charge in [-0.2, -0.15) is 0 Å². The number of hydrogen-bond acceptors (Lipinski definition) is 3. The summed E-state index contributed by atoms with van der Waals surface area (Å²) in [6, 6.07) is 8.37.